The average Bonchev–Trinajstić information content (AvgIpc) is 2.71. The Kier molecular flexibility index (Phi) is 4.17. The average molecular weight is 312 g/mol. The molecule has 20 heavy (non-hydrogen) atoms. The number of carbonyl (C=O) groups is 1. The normalized spacial score (nSPS) is 13.7. The standard InChI is InChI=1S/C16H19Cl2NO/c1-9(16(2,3)4)5-14(20)11-8-19-13-7-10(17)6-12(18)15(11)13/h6-9,19H,5H2,1-4H3. The third-order valence-corrected chi connectivity index (χ3v) is 4.48. The number of ketones is 1. The number of halogens is 2. The minimum absolute atomic E-state index is 0.106. The van der Waals surface area contributed by atoms with E-state index in [2.05, 4.69) is 32.7 Å². The first kappa shape index (κ1) is 15.4. The predicted molar refractivity (Wildman–Crippen MR) is 85.9 cm³/mol. The van der Waals surface area contributed by atoms with Gasteiger partial charge in [0.2, 0.25) is 0 Å². The molecule has 0 saturated carbocycles. The van der Waals surface area contributed by atoms with Gasteiger partial charge in [-0.25, -0.2) is 0 Å². The zero-order valence-corrected chi connectivity index (χ0v) is 13.7. The largest absolute Gasteiger partial charge is 0.360 e. The fourth-order valence-electron chi connectivity index (χ4n) is 2.10. The van der Waals surface area contributed by atoms with E-state index >= 15 is 0 Å². The summed E-state index contributed by atoms with van der Waals surface area (Å²) < 4.78 is 0. The molecule has 1 N–H and O–H groups in total. The van der Waals surface area contributed by atoms with E-state index < -0.39 is 0 Å². The molecule has 0 aliphatic rings. The van der Waals surface area contributed by atoms with Gasteiger partial charge in [-0.2, -0.15) is 0 Å². The first-order valence-corrected chi connectivity index (χ1v) is 7.45. The fraction of sp³-hybridized carbons (Fsp3) is 0.438. The van der Waals surface area contributed by atoms with E-state index in [0.717, 1.165) is 10.9 Å². The minimum atomic E-state index is 0.106. The van der Waals surface area contributed by atoms with Crippen molar-refractivity contribution >= 4 is 39.9 Å². The summed E-state index contributed by atoms with van der Waals surface area (Å²) in [6.45, 7) is 8.54. The number of hydrogen-bond donors (Lipinski definition) is 1. The highest BCUT2D eigenvalue weighted by molar-refractivity contribution is 6.39. The van der Waals surface area contributed by atoms with Crippen LogP contribution in [0.15, 0.2) is 18.3 Å². The maximum atomic E-state index is 12.5. The van der Waals surface area contributed by atoms with Crippen LogP contribution in [0.5, 0.6) is 0 Å². The van der Waals surface area contributed by atoms with Crippen LogP contribution in [0.4, 0.5) is 0 Å². The molecule has 1 aromatic heterocycles. The summed E-state index contributed by atoms with van der Waals surface area (Å²) in [5.74, 6) is 0.411. The Bertz CT molecular complexity index is 652. The Morgan fingerprint density at radius 2 is 1.95 bits per heavy atom. The molecule has 0 aliphatic carbocycles. The van der Waals surface area contributed by atoms with Crippen molar-refractivity contribution in [1.29, 1.82) is 0 Å². The van der Waals surface area contributed by atoms with Crippen molar-refractivity contribution in [1.82, 2.24) is 4.98 Å². The lowest BCUT2D eigenvalue weighted by molar-refractivity contribution is 0.0929. The van der Waals surface area contributed by atoms with E-state index in [9.17, 15) is 4.79 Å². The summed E-state index contributed by atoms with van der Waals surface area (Å²) in [6, 6.07) is 3.45. The number of benzene rings is 1. The van der Waals surface area contributed by atoms with E-state index in [1.165, 1.54) is 0 Å². The summed E-state index contributed by atoms with van der Waals surface area (Å²) in [4.78, 5) is 15.6. The molecule has 0 radical (unpaired) electrons. The van der Waals surface area contributed by atoms with Gasteiger partial charge in [0.15, 0.2) is 5.78 Å². The predicted octanol–water partition coefficient (Wildman–Crippen LogP) is 5.73. The molecule has 0 amide bonds. The second kappa shape index (κ2) is 5.42. The Hall–Kier alpha value is -0.990. The second-order valence-electron chi connectivity index (χ2n) is 6.41. The maximum Gasteiger partial charge on any atom is 0.165 e. The number of aromatic amines is 1. The van der Waals surface area contributed by atoms with E-state index in [-0.39, 0.29) is 11.2 Å². The van der Waals surface area contributed by atoms with Gasteiger partial charge in [-0.1, -0.05) is 50.9 Å². The molecule has 0 aliphatic heterocycles. The zero-order valence-electron chi connectivity index (χ0n) is 12.2. The van der Waals surface area contributed by atoms with Gasteiger partial charge >= 0.3 is 0 Å². The highest BCUT2D eigenvalue weighted by Gasteiger charge is 2.24. The SMILES string of the molecule is CC(CC(=O)c1c[nH]c2cc(Cl)cc(Cl)c12)C(C)(C)C. The first-order chi connectivity index (χ1) is 9.20. The second-order valence-corrected chi connectivity index (χ2v) is 7.25. The van der Waals surface area contributed by atoms with Crippen LogP contribution in [0.3, 0.4) is 0 Å². The molecule has 1 atom stereocenters. The highest BCUT2D eigenvalue weighted by atomic mass is 35.5. The van der Waals surface area contributed by atoms with Crippen molar-refractivity contribution in [2.24, 2.45) is 11.3 Å². The zero-order chi connectivity index (χ0) is 15.1. The van der Waals surface area contributed by atoms with Gasteiger partial charge in [0.1, 0.15) is 0 Å². The molecule has 0 saturated heterocycles. The number of fused-ring (bicyclic) bond motifs is 1. The molecule has 1 unspecified atom stereocenters. The monoisotopic (exact) mass is 311 g/mol. The lowest BCUT2D eigenvalue weighted by Gasteiger charge is -2.26. The Labute approximate surface area is 129 Å². The topological polar surface area (TPSA) is 32.9 Å². The van der Waals surface area contributed by atoms with Crippen LogP contribution in [0.25, 0.3) is 10.9 Å². The van der Waals surface area contributed by atoms with Gasteiger partial charge < -0.3 is 4.98 Å². The van der Waals surface area contributed by atoms with E-state index in [1.807, 2.05) is 0 Å². The molecule has 1 aromatic carbocycles. The number of H-pyrrole nitrogens is 1. The van der Waals surface area contributed by atoms with Gasteiger partial charge in [0.25, 0.3) is 0 Å². The van der Waals surface area contributed by atoms with Crippen molar-refractivity contribution in [3.8, 4) is 0 Å². The van der Waals surface area contributed by atoms with E-state index in [4.69, 9.17) is 23.2 Å². The van der Waals surface area contributed by atoms with Crippen LogP contribution < -0.4 is 0 Å². The lowest BCUT2D eigenvalue weighted by Crippen LogP contribution is -2.20. The number of aromatic nitrogens is 1. The van der Waals surface area contributed by atoms with Crippen molar-refractivity contribution in [3.63, 3.8) is 0 Å². The summed E-state index contributed by atoms with van der Waals surface area (Å²) in [5.41, 5.74) is 1.56. The Balaban J connectivity index is 2.37. The van der Waals surface area contributed by atoms with Crippen molar-refractivity contribution in [2.45, 2.75) is 34.1 Å². The molecule has 2 nitrogen and oxygen atoms in total. The van der Waals surface area contributed by atoms with Crippen molar-refractivity contribution in [2.75, 3.05) is 0 Å². The van der Waals surface area contributed by atoms with Crippen LogP contribution in [-0.4, -0.2) is 10.8 Å². The number of Topliss-reactive ketones (excluding diaryl/α,β-unsaturated/α-hetero) is 1. The summed E-state index contributed by atoms with van der Waals surface area (Å²) in [5, 5.41) is 1.84. The summed E-state index contributed by atoms with van der Waals surface area (Å²) >= 11 is 12.2. The van der Waals surface area contributed by atoms with Crippen molar-refractivity contribution in [3.05, 3.63) is 33.9 Å². The van der Waals surface area contributed by atoms with Crippen LogP contribution in [-0.2, 0) is 0 Å². The molecule has 0 spiro atoms. The first-order valence-electron chi connectivity index (χ1n) is 6.69. The summed E-state index contributed by atoms with van der Waals surface area (Å²) in [6.07, 6.45) is 2.24. The molecule has 0 bridgehead atoms. The molecular weight excluding hydrogens is 293 g/mol. The Morgan fingerprint density at radius 3 is 2.55 bits per heavy atom. The molecule has 2 aromatic rings. The van der Waals surface area contributed by atoms with Gasteiger partial charge in [-0.15, -0.1) is 0 Å². The highest BCUT2D eigenvalue weighted by Crippen LogP contribution is 2.33. The lowest BCUT2D eigenvalue weighted by atomic mass is 9.78. The molecule has 4 heteroatoms. The van der Waals surface area contributed by atoms with Crippen LogP contribution in [0.2, 0.25) is 10.0 Å². The van der Waals surface area contributed by atoms with Gasteiger partial charge in [0.05, 0.1) is 5.02 Å². The van der Waals surface area contributed by atoms with Gasteiger partial charge in [0, 0.05) is 34.1 Å². The van der Waals surface area contributed by atoms with E-state index in [1.54, 1.807) is 18.3 Å². The van der Waals surface area contributed by atoms with Crippen LogP contribution in [0.1, 0.15) is 44.5 Å². The molecule has 2 rings (SSSR count). The number of rotatable bonds is 3. The molecular formula is C16H19Cl2NO. The Morgan fingerprint density at radius 1 is 1.30 bits per heavy atom. The maximum absolute atomic E-state index is 12.5. The number of nitrogens with one attached hydrogen (secondary N) is 1. The third-order valence-electron chi connectivity index (χ3n) is 3.97. The van der Waals surface area contributed by atoms with Gasteiger partial charge in [-0.3, -0.25) is 4.79 Å². The minimum Gasteiger partial charge on any atom is -0.360 e. The smallest absolute Gasteiger partial charge is 0.165 e. The van der Waals surface area contributed by atoms with Crippen LogP contribution in [0, 0.1) is 11.3 Å². The third kappa shape index (κ3) is 3.02. The quantitative estimate of drug-likeness (QED) is 0.721. The number of hydrogen-bond acceptors (Lipinski definition) is 1. The molecule has 1 heterocycles. The fourth-order valence-corrected chi connectivity index (χ4v) is 2.69. The summed E-state index contributed by atoms with van der Waals surface area (Å²) in [7, 11) is 0. The van der Waals surface area contributed by atoms with Crippen molar-refractivity contribution < 1.29 is 4.79 Å². The molecule has 108 valence electrons. The number of carbonyl (C=O) groups excluding carboxylic acids is 1. The van der Waals surface area contributed by atoms with Gasteiger partial charge in [-0.05, 0) is 23.5 Å². The van der Waals surface area contributed by atoms with E-state index in [0.29, 0.717) is 27.9 Å². The van der Waals surface area contributed by atoms with Crippen LogP contribution >= 0.6 is 23.2 Å². The molecule has 0 fully saturated rings.